The van der Waals surface area contributed by atoms with Crippen molar-refractivity contribution < 1.29 is 4.42 Å². The Morgan fingerprint density at radius 3 is 2.50 bits per heavy atom. The molecule has 0 radical (unpaired) electrons. The standard InChI is InChI=1S/C15H10ClIN2O/c1-9-11(7-8-20-9)15-18-13(12(17)14(16)19-15)10-5-3-2-4-6-10/h2-8H,1H3. The van der Waals surface area contributed by atoms with Crippen LogP contribution in [0.15, 0.2) is 47.1 Å². The molecule has 3 rings (SSSR count). The normalized spacial score (nSPS) is 10.8. The van der Waals surface area contributed by atoms with Gasteiger partial charge in [0.2, 0.25) is 0 Å². The van der Waals surface area contributed by atoms with Crippen LogP contribution in [0, 0.1) is 10.5 Å². The van der Waals surface area contributed by atoms with Crippen LogP contribution in [0.2, 0.25) is 5.15 Å². The van der Waals surface area contributed by atoms with E-state index in [9.17, 15) is 0 Å². The Hall–Kier alpha value is -1.40. The maximum Gasteiger partial charge on any atom is 0.165 e. The number of rotatable bonds is 2. The van der Waals surface area contributed by atoms with Crippen molar-refractivity contribution in [3.05, 3.63) is 57.1 Å². The Morgan fingerprint density at radius 2 is 1.85 bits per heavy atom. The van der Waals surface area contributed by atoms with Crippen molar-refractivity contribution in [1.29, 1.82) is 0 Å². The highest BCUT2D eigenvalue weighted by Crippen LogP contribution is 2.31. The fraction of sp³-hybridized carbons (Fsp3) is 0.0667. The molecular formula is C15H10ClIN2O. The fourth-order valence-corrected chi connectivity index (χ4v) is 2.67. The molecule has 20 heavy (non-hydrogen) atoms. The second-order valence-corrected chi connectivity index (χ2v) is 5.69. The van der Waals surface area contributed by atoms with E-state index in [2.05, 4.69) is 32.6 Å². The van der Waals surface area contributed by atoms with Crippen LogP contribution < -0.4 is 0 Å². The first-order valence-corrected chi connectivity index (χ1v) is 7.45. The Balaban J connectivity index is 2.21. The molecule has 0 unspecified atom stereocenters. The van der Waals surface area contributed by atoms with Gasteiger partial charge >= 0.3 is 0 Å². The number of hydrogen-bond donors (Lipinski definition) is 0. The van der Waals surface area contributed by atoms with E-state index in [0.717, 1.165) is 26.2 Å². The number of furan rings is 1. The van der Waals surface area contributed by atoms with E-state index >= 15 is 0 Å². The summed E-state index contributed by atoms with van der Waals surface area (Å²) in [6, 6.07) is 11.8. The highest BCUT2D eigenvalue weighted by Gasteiger charge is 2.15. The van der Waals surface area contributed by atoms with Crippen molar-refractivity contribution in [1.82, 2.24) is 9.97 Å². The molecule has 5 heteroatoms. The number of hydrogen-bond acceptors (Lipinski definition) is 3. The van der Waals surface area contributed by atoms with E-state index in [0.29, 0.717) is 11.0 Å². The summed E-state index contributed by atoms with van der Waals surface area (Å²) in [6.07, 6.45) is 1.63. The van der Waals surface area contributed by atoms with Gasteiger partial charge in [0.1, 0.15) is 10.9 Å². The van der Waals surface area contributed by atoms with E-state index in [1.807, 2.05) is 43.3 Å². The highest BCUT2D eigenvalue weighted by molar-refractivity contribution is 14.1. The lowest BCUT2D eigenvalue weighted by atomic mass is 10.1. The van der Waals surface area contributed by atoms with Gasteiger partial charge in [0.25, 0.3) is 0 Å². The van der Waals surface area contributed by atoms with E-state index in [-0.39, 0.29) is 0 Å². The molecule has 1 aromatic carbocycles. The zero-order chi connectivity index (χ0) is 14.1. The summed E-state index contributed by atoms with van der Waals surface area (Å²) in [5.74, 6) is 1.36. The van der Waals surface area contributed by atoms with Crippen LogP contribution >= 0.6 is 34.2 Å². The highest BCUT2D eigenvalue weighted by atomic mass is 127. The molecular weight excluding hydrogens is 387 g/mol. The third-order valence-corrected chi connectivity index (χ3v) is 4.57. The average molecular weight is 397 g/mol. The van der Waals surface area contributed by atoms with Gasteiger partial charge in [-0.15, -0.1) is 0 Å². The van der Waals surface area contributed by atoms with Gasteiger partial charge < -0.3 is 4.42 Å². The van der Waals surface area contributed by atoms with Crippen molar-refractivity contribution in [2.24, 2.45) is 0 Å². The van der Waals surface area contributed by atoms with Crippen LogP contribution in [-0.4, -0.2) is 9.97 Å². The summed E-state index contributed by atoms with van der Waals surface area (Å²) in [4.78, 5) is 8.99. The Labute approximate surface area is 135 Å². The Kier molecular flexibility index (Phi) is 3.76. The van der Waals surface area contributed by atoms with Gasteiger partial charge in [-0.2, -0.15) is 0 Å². The molecule has 0 atom stereocenters. The maximum atomic E-state index is 6.25. The average Bonchev–Trinajstić information content (AvgIpc) is 2.89. The topological polar surface area (TPSA) is 38.9 Å². The SMILES string of the molecule is Cc1occc1-c1nc(Cl)c(I)c(-c2ccccc2)n1. The summed E-state index contributed by atoms with van der Waals surface area (Å²) < 4.78 is 6.16. The quantitative estimate of drug-likeness (QED) is 0.453. The Morgan fingerprint density at radius 1 is 1.10 bits per heavy atom. The van der Waals surface area contributed by atoms with Crippen LogP contribution in [0.5, 0.6) is 0 Å². The van der Waals surface area contributed by atoms with Crippen molar-refractivity contribution in [3.8, 4) is 22.6 Å². The molecule has 0 saturated carbocycles. The first kappa shape index (κ1) is 13.6. The fourth-order valence-electron chi connectivity index (χ4n) is 1.94. The molecule has 0 fully saturated rings. The van der Waals surface area contributed by atoms with Crippen LogP contribution in [0.3, 0.4) is 0 Å². The number of benzene rings is 1. The zero-order valence-corrected chi connectivity index (χ0v) is 13.5. The molecule has 0 bridgehead atoms. The van der Waals surface area contributed by atoms with Gasteiger partial charge in [-0.05, 0) is 35.6 Å². The smallest absolute Gasteiger partial charge is 0.165 e. The summed E-state index contributed by atoms with van der Waals surface area (Å²) in [5.41, 5.74) is 2.71. The summed E-state index contributed by atoms with van der Waals surface area (Å²) in [6.45, 7) is 1.88. The molecule has 0 N–H and O–H groups in total. The lowest BCUT2D eigenvalue weighted by Crippen LogP contribution is -1.97. The molecule has 0 saturated heterocycles. The predicted molar refractivity (Wildman–Crippen MR) is 87.6 cm³/mol. The second-order valence-electron chi connectivity index (χ2n) is 4.26. The predicted octanol–water partition coefficient (Wildman–Crippen LogP) is 4.97. The van der Waals surface area contributed by atoms with E-state index in [1.54, 1.807) is 6.26 Å². The largest absolute Gasteiger partial charge is 0.469 e. The third-order valence-electron chi connectivity index (χ3n) is 2.96. The minimum absolute atomic E-state index is 0.454. The third kappa shape index (κ3) is 2.45. The molecule has 0 aliphatic heterocycles. The summed E-state index contributed by atoms with van der Waals surface area (Å²) in [7, 11) is 0. The van der Waals surface area contributed by atoms with Gasteiger partial charge in [0.05, 0.1) is 21.1 Å². The van der Waals surface area contributed by atoms with Gasteiger partial charge in [0.15, 0.2) is 5.82 Å². The number of nitrogens with zero attached hydrogens (tertiary/aromatic N) is 2. The number of halogens is 2. The van der Waals surface area contributed by atoms with Crippen LogP contribution in [0.25, 0.3) is 22.6 Å². The zero-order valence-electron chi connectivity index (χ0n) is 10.6. The molecule has 3 nitrogen and oxygen atoms in total. The van der Waals surface area contributed by atoms with Gasteiger partial charge in [0, 0.05) is 5.56 Å². The molecule has 0 amide bonds. The summed E-state index contributed by atoms with van der Waals surface area (Å²) >= 11 is 8.42. The molecule has 3 aromatic rings. The molecule has 2 aromatic heterocycles. The van der Waals surface area contributed by atoms with Crippen LogP contribution in [0.4, 0.5) is 0 Å². The van der Waals surface area contributed by atoms with Crippen molar-refractivity contribution in [2.75, 3.05) is 0 Å². The second kappa shape index (κ2) is 5.54. The Bertz CT molecular complexity index is 756. The first-order valence-electron chi connectivity index (χ1n) is 5.99. The lowest BCUT2D eigenvalue weighted by molar-refractivity contribution is 0.535. The van der Waals surface area contributed by atoms with Gasteiger partial charge in [-0.1, -0.05) is 41.9 Å². The van der Waals surface area contributed by atoms with Gasteiger partial charge in [-0.3, -0.25) is 0 Å². The van der Waals surface area contributed by atoms with Crippen LogP contribution in [-0.2, 0) is 0 Å². The number of aryl methyl sites for hydroxylation is 1. The van der Waals surface area contributed by atoms with E-state index in [1.165, 1.54) is 0 Å². The molecule has 2 heterocycles. The monoisotopic (exact) mass is 396 g/mol. The van der Waals surface area contributed by atoms with E-state index < -0.39 is 0 Å². The summed E-state index contributed by atoms with van der Waals surface area (Å²) in [5, 5.41) is 0.454. The minimum Gasteiger partial charge on any atom is -0.469 e. The molecule has 100 valence electrons. The van der Waals surface area contributed by atoms with Crippen molar-refractivity contribution >= 4 is 34.2 Å². The van der Waals surface area contributed by atoms with Gasteiger partial charge in [-0.25, -0.2) is 9.97 Å². The molecule has 0 spiro atoms. The molecule has 0 aliphatic carbocycles. The van der Waals surface area contributed by atoms with E-state index in [4.69, 9.17) is 16.0 Å². The first-order chi connectivity index (χ1) is 9.66. The lowest BCUT2D eigenvalue weighted by Gasteiger charge is -2.08. The van der Waals surface area contributed by atoms with Crippen molar-refractivity contribution in [3.63, 3.8) is 0 Å². The van der Waals surface area contributed by atoms with Crippen LogP contribution in [0.1, 0.15) is 5.76 Å². The molecule has 0 aliphatic rings. The maximum absolute atomic E-state index is 6.25. The minimum atomic E-state index is 0.454. The number of aromatic nitrogens is 2. The van der Waals surface area contributed by atoms with Crippen molar-refractivity contribution in [2.45, 2.75) is 6.92 Å².